The van der Waals surface area contributed by atoms with E-state index in [4.69, 9.17) is 4.74 Å². The molecule has 0 N–H and O–H groups in total. The van der Waals surface area contributed by atoms with E-state index < -0.39 is 17.2 Å². The third kappa shape index (κ3) is 2.73. The second-order valence-corrected chi connectivity index (χ2v) is 6.85. The highest BCUT2D eigenvalue weighted by atomic mass is 32.2. The van der Waals surface area contributed by atoms with Gasteiger partial charge in [-0.15, -0.1) is 11.8 Å². The summed E-state index contributed by atoms with van der Waals surface area (Å²) in [6.45, 7) is 3.19. The van der Waals surface area contributed by atoms with Gasteiger partial charge in [-0.2, -0.15) is 0 Å². The van der Waals surface area contributed by atoms with E-state index >= 15 is 0 Å². The fourth-order valence-corrected chi connectivity index (χ4v) is 3.09. The van der Waals surface area contributed by atoms with E-state index in [0.29, 0.717) is 0 Å². The number of hydrogen-bond acceptors (Lipinski definition) is 3. The summed E-state index contributed by atoms with van der Waals surface area (Å²) in [6.07, 6.45) is 1.84. The van der Waals surface area contributed by atoms with Crippen LogP contribution >= 0.6 is 11.8 Å². The molecule has 0 unspecified atom stereocenters. The molecule has 1 aliphatic rings. The van der Waals surface area contributed by atoms with Crippen molar-refractivity contribution in [3.63, 3.8) is 0 Å². The van der Waals surface area contributed by atoms with Crippen LogP contribution in [0.5, 0.6) is 0 Å². The Morgan fingerprint density at radius 2 is 1.71 bits per heavy atom. The average Bonchev–Trinajstić information content (AvgIpc) is 2.78. The Hall–Kier alpha value is -2.14. The number of ketones is 1. The molecule has 0 amide bonds. The fourth-order valence-electron chi connectivity index (χ4n) is 2.66. The lowest BCUT2D eigenvalue weighted by molar-refractivity contribution is -0.125. The van der Waals surface area contributed by atoms with E-state index in [2.05, 4.69) is 0 Å². The summed E-state index contributed by atoms with van der Waals surface area (Å²) in [5.41, 5.74) is -0.812. The van der Waals surface area contributed by atoms with E-state index in [9.17, 15) is 13.6 Å². The summed E-state index contributed by atoms with van der Waals surface area (Å²) in [4.78, 5) is 13.5. The maximum Gasteiger partial charge on any atom is 0.210 e. The number of benzene rings is 2. The minimum absolute atomic E-state index is 0.0777. The van der Waals surface area contributed by atoms with Crippen LogP contribution in [0, 0.1) is 11.6 Å². The van der Waals surface area contributed by atoms with Gasteiger partial charge in [-0.3, -0.25) is 4.79 Å². The van der Waals surface area contributed by atoms with Crippen LogP contribution in [0.3, 0.4) is 0 Å². The zero-order valence-corrected chi connectivity index (χ0v) is 14.3. The summed E-state index contributed by atoms with van der Waals surface area (Å²) in [5.74, 6) is -1.33. The molecule has 0 bridgehead atoms. The van der Waals surface area contributed by atoms with Crippen molar-refractivity contribution in [1.82, 2.24) is 0 Å². The molecule has 1 aliphatic heterocycles. The van der Waals surface area contributed by atoms with Crippen molar-refractivity contribution in [2.75, 3.05) is 6.26 Å². The smallest absolute Gasteiger partial charge is 0.210 e. The third-order valence-corrected chi connectivity index (χ3v) is 4.65. The van der Waals surface area contributed by atoms with E-state index in [-0.39, 0.29) is 28.2 Å². The van der Waals surface area contributed by atoms with Crippen molar-refractivity contribution in [1.29, 1.82) is 0 Å². The third-order valence-electron chi connectivity index (χ3n) is 3.92. The number of halogens is 2. The number of carbonyl (C=O) groups is 1. The van der Waals surface area contributed by atoms with Gasteiger partial charge in [-0.25, -0.2) is 8.78 Å². The van der Waals surface area contributed by atoms with Crippen LogP contribution in [0.4, 0.5) is 8.78 Å². The van der Waals surface area contributed by atoms with Gasteiger partial charge in [0.25, 0.3) is 0 Å². The van der Waals surface area contributed by atoms with Gasteiger partial charge in [0.15, 0.2) is 5.60 Å². The Labute approximate surface area is 143 Å². The molecule has 0 aromatic heterocycles. The highest BCUT2D eigenvalue weighted by Crippen LogP contribution is 2.42. The van der Waals surface area contributed by atoms with Crippen LogP contribution in [0.15, 0.2) is 47.4 Å². The molecular weight excluding hydrogens is 330 g/mol. The molecule has 3 rings (SSSR count). The molecule has 1 heterocycles. The van der Waals surface area contributed by atoms with Crippen molar-refractivity contribution in [2.24, 2.45) is 0 Å². The summed E-state index contributed by atoms with van der Waals surface area (Å²) in [7, 11) is 0. The predicted molar refractivity (Wildman–Crippen MR) is 91.6 cm³/mol. The zero-order chi connectivity index (χ0) is 17.5. The quantitative estimate of drug-likeness (QED) is 0.737. The summed E-state index contributed by atoms with van der Waals surface area (Å²) < 4.78 is 34.5. The van der Waals surface area contributed by atoms with Crippen LogP contribution in [0.25, 0.3) is 11.3 Å². The predicted octanol–water partition coefficient (Wildman–Crippen LogP) is 4.93. The van der Waals surface area contributed by atoms with Gasteiger partial charge in [0.05, 0.1) is 11.1 Å². The Morgan fingerprint density at radius 3 is 2.33 bits per heavy atom. The number of ether oxygens (including phenoxy) is 1. The van der Waals surface area contributed by atoms with Gasteiger partial charge in [0, 0.05) is 10.5 Å². The van der Waals surface area contributed by atoms with Crippen molar-refractivity contribution in [3.05, 3.63) is 65.2 Å². The van der Waals surface area contributed by atoms with Gasteiger partial charge < -0.3 is 4.74 Å². The first-order valence-electron chi connectivity index (χ1n) is 7.42. The maximum atomic E-state index is 14.5. The first kappa shape index (κ1) is 16.7. The Bertz CT molecular complexity index is 856. The lowest BCUT2D eigenvalue weighted by atomic mass is 9.92. The van der Waals surface area contributed by atoms with Gasteiger partial charge in [0.1, 0.15) is 17.4 Å². The van der Waals surface area contributed by atoms with Crippen LogP contribution in [-0.2, 0) is 9.53 Å². The lowest BCUT2D eigenvalue weighted by Gasteiger charge is -2.18. The number of hydrogen-bond donors (Lipinski definition) is 0. The van der Waals surface area contributed by atoms with Crippen molar-refractivity contribution < 1.29 is 18.3 Å². The highest BCUT2D eigenvalue weighted by molar-refractivity contribution is 7.98. The van der Waals surface area contributed by atoms with Crippen molar-refractivity contribution in [3.8, 4) is 0 Å². The minimum atomic E-state index is -1.17. The van der Waals surface area contributed by atoms with Gasteiger partial charge in [-0.1, -0.05) is 18.2 Å². The minimum Gasteiger partial charge on any atom is -0.478 e. The number of rotatable bonds is 3. The second kappa shape index (κ2) is 6.06. The average molecular weight is 346 g/mol. The lowest BCUT2D eigenvalue weighted by Crippen LogP contribution is -2.29. The van der Waals surface area contributed by atoms with Gasteiger partial charge in [0.2, 0.25) is 5.78 Å². The number of carbonyl (C=O) groups excluding carboxylic acids is 1. The second-order valence-electron chi connectivity index (χ2n) is 5.97. The summed E-state index contributed by atoms with van der Waals surface area (Å²) in [5, 5.41) is 0. The molecule has 0 saturated heterocycles. The van der Waals surface area contributed by atoms with E-state index in [0.717, 1.165) is 4.90 Å². The SMILES string of the molecule is CSc1ccc(C2=C(c3ccccc3F)C(=O)C(C)(C)O2)c(F)c1. The zero-order valence-electron chi connectivity index (χ0n) is 13.5. The molecule has 5 heteroatoms. The normalized spacial score (nSPS) is 16.5. The molecule has 2 aromatic rings. The van der Waals surface area contributed by atoms with E-state index in [1.54, 1.807) is 38.1 Å². The Morgan fingerprint density at radius 1 is 1.00 bits per heavy atom. The van der Waals surface area contributed by atoms with Gasteiger partial charge >= 0.3 is 0 Å². The number of Topliss-reactive ketones (excluding diaryl/α,β-unsaturated/α-hetero) is 1. The molecule has 0 spiro atoms. The molecule has 0 saturated carbocycles. The molecule has 0 radical (unpaired) electrons. The number of thioether (sulfide) groups is 1. The van der Waals surface area contributed by atoms with Crippen LogP contribution < -0.4 is 0 Å². The van der Waals surface area contributed by atoms with Gasteiger partial charge in [-0.05, 0) is 44.4 Å². The first-order valence-corrected chi connectivity index (χ1v) is 8.64. The largest absolute Gasteiger partial charge is 0.478 e. The van der Waals surface area contributed by atoms with Crippen LogP contribution in [0.2, 0.25) is 0 Å². The fraction of sp³-hybridized carbons (Fsp3) is 0.211. The maximum absolute atomic E-state index is 14.5. The molecule has 124 valence electrons. The monoisotopic (exact) mass is 346 g/mol. The molecular formula is C19H16F2O2S. The summed E-state index contributed by atoms with van der Waals surface area (Å²) >= 11 is 1.41. The van der Waals surface area contributed by atoms with Crippen molar-refractivity contribution in [2.45, 2.75) is 24.3 Å². The van der Waals surface area contributed by atoms with Crippen LogP contribution in [0.1, 0.15) is 25.0 Å². The van der Waals surface area contributed by atoms with E-state index in [1.807, 2.05) is 6.26 Å². The summed E-state index contributed by atoms with van der Waals surface area (Å²) in [6, 6.07) is 10.6. The Balaban J connectivity index is 2.25. The Kier molecular flexibility index (Phi) is 4.22. The molecule has 0 atom stereocenters. The molecule has 2 nitrogen and oxygen atoms in total. The molecule has 24 heavy (non-hydrogen) atoms. The van der Waals surface area contributed by atoms with E-state index in [1.165, 1.54) is 30.0 Å². The standard InChI is InChI=1S/C19H16F2O2S/c1-19(2)18(22)16(12-6-4-5-7-14(12)20)17(23-19)13-9-8-11(24-3)10-15(13)21/h4-10H,1-3H3. The molecule has 2 aromatic carbocycles. The highest BCUT2D eigenvalue weighted by Gasteiger charge is 2.44. The topological polar surface area (TPSA) is 26.3 Å². The molecule has 0 aliphatic carbocycles. The van der Waals surface area contributed by atoms with Crippen molar-refractivity contribution >= 4 is 28.9 Å². The first-order chi connectivity index (χ1) is 11.3. The molecule has 0 fully saturated rings. The van der Waals surface area contributed by atoms with Crippen LogP contribution in [-0.4, -0.2) is 17.6 Å².